The van der Waals surface area contributed by atoms with Crippen LogP contribution in [0.2, 0.25) is 0 Å². The molecule has 0 aromatic heterocycles. The summed E-state index contributed by atoms with van der Waals surface area (Å²) >= 11 is 1.34. The lowest BCUT2D eigenvalue weighted by Crippen LogP contribution is -2.00. The van der Waals surface area contributed by atoms with E-state index in [0.29, 0.717) is 23.3 Å². The zero-order chi connectivity index (χ0) is 10.3. The fraction of sp³-hybridized carbons (Fsp3) is 0.400. The van der Waals surface area contributed by atoms with Gasteiger partial charge in [-0.3, -0.25) is 4.79 Å². The van der Waals surface area contributed by atoms with Crippen LogP contribution in [0.3, 0.4) is 0 Å². The molecule has 0 aromatic carbocycles. The zero-order valence-corrected chi connectivity index (χ0v) is 8.78. The molecule has 3 heteroatoms. The molecule has 0 spiro atoms. The average Bonchev–Trinajstić information content (AvgIpc) is 2.17. The van der Waals surface area contributed by atoms with E-state index in [1.807, 2.05) is 12.3 Å². The van der Waals surface area contributed by atoms with Crippen molar-refractivity contribution >= 4 is 17.5 Å². The molecule has 0 amide bonds. The second kappa shape index (κ2) is 6.50. The highest BCUT2D eigenvalue weighted by atomic mass is 32.2. The van der Waals surface area contributed by atoms with Crippen molar-refractivity contribution in [3.63, 3.8) is 0 Å². The minimum Gasteiger partial charge on any atom is -0.294 e. The highest BCUT2D eigenvalue weighted by Gasteiger charge is 2.11. The van der Waals surface area contributed by atoms with E-state index in [2.05, 4.69) is 6.58 Å². The lowest BCUT2D eigenvalue weighted by atomic mass is 10.1. The first-order chi connectivity index (χ1) is 6.21. The monoisotopic (exact) mass is 195 g/mol. The molecule has 0 unspecified atom stereocenters. The SMILES string of the molecule is C=CC/C(C#N)=C(/SC)C(=O)CC. The van der Waals surface area contributed by atoms with Gasteiger partial charge in [-0.2, -0.15) is 5.26 Å². The van der Waals surface area contributed by atoms with Crippen molar-refractivity contribution in [1.29, 1.82) is 5.26 Å². The summed E-state index contributed by atoms with van der Waals surface area (Å²) < 4.78 is 0. The van der Waals surface area contributed by atoms with Crippen molar-refractivity contribution in [2.45, 2.75) is 19.8 Å². The molecule has 0 heterocycles. The summed E-state index contributed by atoms with van der Waals surface area (Å²) in [4.78, 5) is 11.9. The summed E-state index contributed by atoms with van der Waals surface area (Å²) in [5.74, 6) is 0.0332. The number of hydrogen-bond acceptors (Lipinski definition) is 3. The van der Waals surface area contributed by atoms with Gasteiger partial charge in [-0.1, -0.05) is 13.0 Å². The summed E-state index contributed by atoms with van der Waals surface area (Å²) in [5.41, 5.74) is 0.523. The Bertz CT molecular complexity index is 273. The van der Waals surface area contributed by atoms with Crippen LogP contribution in [0.5, 0.6) is 0 Å². The topological polar surface area (TPSA) is 40.9 Å². The molecule has 0 radical (unpaired) electrons. The molecule has 70 valence electrons. The Balaban J connectivity index is 4.95. The number of rotatable bonds is 5. The smallest absolute Gasteiger partial charge is 0.169 e. The molecule has 0 aliphatic carbocycles. The molecule has 0 N–H and O–H groups in total. The predicted octanol–water partition coefficient (Wildman–Crippen LogP) is 2.68. The fourth-order valence-corrected chi connectivity index (χ4v) is 1.65. The van der Waals surface area contributed by atoms with Gasteiger partial charge < -0.3 is 0 Å². The first kappa shape index (κ1) is 12.0. The lowest BCUT2D eigenvalue weighted by Gasteiger charge is -2.02. The maximum absolute atomic E-state index is 11.4. The Morgan fingerprint density at radius 2 is 2.31 bits per heavy atom. The summed E-state index contributed by atoms with van der Waals surface area (Å²) in [5, 5.41) is 8.78. The lowest BCUT2D eigenvalue weighted by molar-refractivity contribution is -0.114. The Kier molecular flexibility index (Phi) is 5.99. The van der Waals surface area contributed by atoms with Gasteiger partial charge in [0.25, 0.3) is 0 Å². The van der Waals surface area contributed by atoms with E-state index in [-0.39, 0.29) is 5.78 Å². The van der Waals surface area contributed by atoms with Gasteiger partial charge in [-0.15, -0.1) is 18.3 Å². The van der Waals surface area contributed by atoms with Crippen molar-refractivity contribution in [1.82, 2.24) is 0 Å². The molecular weight excluding hydrogens is 182 g/mol. The number of allylic oxidation sites excluding steroid dienone is 3. The van der Waals surface area contributed by atoms with Crippen molar-refractivity contribution < 1.29 is 4.79 Å². The minimum atomic E-state index is 0.0332. The van der Waals surface area contributed by atoms with E-state index in [9.17, 15) is 4.79 Å². The number of carbonyl (C=O) groups excluding carboxylic acids is 1. The second-order valence-corrected chi connectivity index (χ2v) is 3.21. The normalized spacial score (nSPS) is 11.5. The fourth-order valence-electron chi connectivity index (χ4n) is 0.899. The molecule has 0 aliphatic rings. The Labute approximate surface area is 83.3 Å². The van der Waals surface area contributed by atoms with Gasteiger partial charge in [0.05, 0.1) is 16.5 Å². The molecule has 0 fully saturated rings. The molecule has 0 rings (SSSR count). The summed E-state index contributed by atoms with van der Waals surface area (Å²) in [6.45, 7) is 5.34. The highest BCUT2D eigenvalue weighted by molar-refractivity contribution is 8.03. The summed E-state index contributed by atoms with van der Waals surface area (Å²) in [6, 6.07) is 2.04. The maximum atomic E-state index is 11.4. The summed E-state index contributed by atoms with van der Waals surface area (Å²) in [7, 11) is 0. The van der Waals surface area contributed by atoms with Crippen LogP contribution in [0.1, 0.15) is 19.8 Å². The average molecular weight is 195 g/mol. The van der Waals surface area contributed by atoms with Crippen molar-refractivity contribution in [2.75, 3.05) is 6.26 Å². The van der Waals surface area contributed by atoms with Crippen LogP contribution in [0, 0.1) is 11.3 Å². The van der Waals surface area contributed by atoms with Crippen LogP contribution in [0.4, 0.5) is 0 Å². The number of thioether (sulfide) groups is 1. The number of nitriles is 1. The maximum Gasteiger partial charge on any atom is 0.169 e. The van der Waals surface area contributed by atoms with Gasteiger partial charge in [0.2, 0.25) is 0 Å². The van der Waals surface area contributed by atoms with Gasteiger partial charge in [0.15, 0.2) is 5.78 Å². The number of carbonyl (C=O) groups is 1. The van der Waals surface area contributed by atoms with E-state index in [1.165, 1.54) is 11.8 Å². The summed E-state index contributed by atoms with van der Waals surface area (Å²) in [6.07, 6.45) is 4.36. The molecule has 2 nitrogen and oxygen atoms in total. The van der Waals surface area contributed by atoms with Crippen molar-refractivity contribution in [3.05, 3.63) is 23.1 Å². The Morgan fingerprint density at radius 1 is 1.69 bits per heavy atom. The molecule has 0 aliphatic heterocycles. The third kappa shape index (κ3) is 3.47. The van der Waals surface area contributed by atoms with Crippen LogP contribution in [0.15, 0.2) is 23.1 Å². The molecular formula is C10H13NOS. The van der Waals surface area contributed by atoms with Crippen molar-refractivity contribution in [2.24, 2.45) is 0 Å². The second-order valence-electron chi connectivity index (χ2n) is 2.39. The number of ketones is 1. The minimum absolute atomic E-state index is 0.0332. The number of hydrogen-bond donors (Lipinski definition) is 0. The van der Waals surface area contributed by atoms with Crippen LogP contribution < -0.4 is 0 Å². The number of nitrogens with zero attached hydrogens (tertiary/aromatic N) is 1. The van der Waals surface area contributed by atoms with Crippen LogP contribution in [-0.2, 0) is 4.79 Å². The molecule has 0 bridgehead atoms. The molecule has 13 heavy (non-hydrogen) atoms. The van der Waals surface area contributed by atoms with Gasteiger partial charge in [-0.05, 0) is 6.26 Å². The van der Waals surface area contributed by atoms with E-state index in [4.69, 9.17) is 5.26 Å². The van der Waals surface area contributed by atoms with Crippen LogP contribution in [-0.4, -0.2) is 12.0 Å². The Morgan fingerprint density at radius 3 is 2.62 bits per heavy atom. The van der Waals surface area contributed by atoms with E-state index < -0.39 is 0 Å². The molecule has 0 saturated heterocycles. The number of Topliss-reactive ketones (excluding diaryl/α,β-unsaturated/α-hetero) is 1. The van der Waals surface area contributed by atoms with Crippen LogP contribution >= 0.6 is 11.8 Å². The van der Waals surface area contributed by atoms with Gasteiger partial charge in [-0.25, -0.2) is 0 Å². The van der Waals surface area contributed by atoms with Gasteiger partial charge in [0.1, 0.15) is 0 Å². The molecule has 0 saturated carbocycles. The third-order valence-electron chi connectivity index (χ3n) is 1.54. The zero-order valence-electron chi connectivity index (χ0n) is 7.96. The predicted molar refractivity (Wildman–Crippen MR) is 56.3 cm³/mol. The largest absolute Gasteiger partial charge is 0.294 e. The van der Waals surface area contributed by atoms with E-state index >= 15 is 0 Å². The Hall–Kier alpha value is -1.01. The third-order valence-corrected chi connectivity index (χ3v) is 2.42. The molecule has 0 atom stereocenters. The highest BCUT2D eigenvalue weighted by Crippen LogP contribution is 2.21. The van der Waals surface area contributed by atoms with E-state index in [1.54, 1.807) is 13.0 Å². The van der Waals surface area contributed by atoms with Crippen LogP contribution in [0.25, 0.3) is 0 Å². The van der Waals surface area contributed by atoms with E-state index in [0.717, 1.165) is 0 Å². The molecule has 0 aromatic rings. The van der Waals surface area contributed by atoms with Gasteiger partial charge >= 0.3 is 0 Å². The quantitative estimate of drug-likeness (QED) is 0.385. The van der Waals surface area contributed by atoms with Gasteiger partial charge in [0, 0.05) is 12.8 Å². The first-order valence-corrected chi connectivity index (χ1v) is 5.25. The van der Waals surface area contributed by atoms with Crippen molar-refractivity contribution in [3.8, 4) is 6.07 Å². The standard InChI is InChI=1S/C10H13NOS/c1-4-6-8(7-11)10(13-3)9(12)5-2/h4H,1,5-6H2,2-3H3/b10-8-. The first-order valence-electron chi connectivity index (χ1n) is 4.02.